The van der Waals surface area contributed by atoms with Crippen LogP contribution in [0.3, 0.4) is 0 Å². The minimum Gasteiger partial charge on any atom is -0.475 e. The first kappa shape index (κ1) is 29.4. The molecule has 1 atom stereocenters. The fourth-order valence-electron chi connectivity index (χ4n) is 5.94. The Balaban J connectivity index is 1.36. The molecule has 4 bridgehead atoms. The third-order valence-electron chi connectivity index (χ3n) is 8.67. The summed E-state index contributed by atoms with van der Waals surface area (Å²) in [5.41, 5.74) is 1.69. The van der Waals surface area contributed by atoms with Gasteiger partial charge in [-0.15, -0.1) is 0 Å². The molecule has 1 amide bonds. The number of amides is 1. The number of carbonyl (C=O) groups excluding carboxylic acids is 1. The number of alkyl halides is 3. The Morgan fingerprint density at radius 1 is 1.05 bits per heavy atom. The van der Waals surface area contributed by atoms with Crippen LogP contribution in [-0.2, 0) is 10.0 Å². The predicted octanol–water partition coefficient (Wildman–Crippen LogP) is 4.81. The van der Waals surface area contributed by atoms with Gasteiger partial charge in [-0.05, 0) is 69.0 Å². The molecule has 3 aromatic rings. The van der Waals surface area contributed by atoms with E-state index in [0.29, 0.717) is 18.8 Å². The lowest BCUT2D eigenvalue weighted by Crippen LogP contribution is -2.57. The second-order valence-electron chi connectivity index (χ2n) is 11.6. The number of rotatable bonds is 4. The lowest BCUT2D eigenvalue weighted by atomic mass is 10.00. The molecule has 43 heavy (non-hydrogen) atoms. The molecular weight excluding hydrogens is 583 g/mol. The quantitative estimate of drug-likeness (QED) is 0.449. The monoisotopic (exact) mass is 615 g/mol. The Hall–Kier alpha value is -3.71. The third-order valence-corrected chi connectivity index (χ3v) is 10.00. The van der Waals surface area contributed by atoms with E-state index in [0.717, 1.165) is 16.7 Å². The van der Waals surface area contributed by atoms with Crippen LogP contribution in [0.25, 0.3) is 11.3 Å². The zero-order chi connectivity index (χ0) is 30.6. The number of fused-ring (bicyclic) bond motifs is 5. The van der Waals surface area contributed by atoms with Crippen molar-refractivity contribution >= 4 is 21.9 Å². The molecule has 2 fully saturated rings. The fraction of sp³-hybridized carbons (Fsp3) is 0.433. The number of aryl methyl sites for hydroxylation is 2. The number of benzene rings is 2. The van der Waals surface area contributed by atoms with Crippen LogP contribution >= 0.6 is 0 Å². The van der Waals surface area contributed by atoms with Crippen molar-refractivity contribution in [3.8, 4) is 17.1 Å². The number of piperazine rings is 1. The summed E-state index contributed by atoms with van der Waals surface area (Å²) in [6.07, 6.45) is -3.92. The summed E-state index contributed by atoms with van der Waals surface area (Å²) in [7, 11) is -4.17. The van der Waals surface area contributed by atoms with E-state index in [-0.39, 0.29) is 67.2 Å². The van der Waals surface area contributed by atoms with Gasteiger partial charge in [0.25, 0.3) is 15.9 Å². The summed E-state index contributed by atoms with van der Waals surface area (Å²) < 4.78 is 76.0. The summed E-state index contributed by atoms with van der Waals surface area (Å²) >= 11 is 0. The van der Waals surface area contributed by atoms with Crippen molar-refractivity contribution in [2.45, 2.75) is 50.2 Å². The molecule has 9 nitrogen and oxygen atoms in total. The molecule has 1 N–H and O–H groups in total. The molecule has 228 valence electrons. The highest BCUT2D eigenvalue weighted by Crippen LogP contribution is 2.60. The van der Waals surface area contributed by atoms with Gasteiger partial charge in [-0.1, -0.05) is 24.3 Å². The van der Waals surface area contributed by atoms with Crippen LogP contribution < -0.4 is 9.46 Å². The van der Waals surface area contributed by atoms with Crippen molar-refractivity contribution in [1.82, 2.24) is 19.8 Å². The van der Waals surface area contributed by atoms with Crippen molar-refractivity contribution < 1.29 is 31.1 Å². The number of carbonyl (C=O) groups is 1. The molecule has 13 heteroatoms. The molecule has 0 spiro atoms. The Morgan fingerprint density at radius 3 is 2.47 bits per heavy atom. The van der Waals surface area contributed by atoms with Crippen LogP contribution in [0.15, 0.2) is 53.4 Å². The van der Waals surface area contributed by atoms with Crippen LogP contribution in [0.2, 0.25) is 0 Å². The Labute approximate surface area is 248 Å². The minimum atomic E-state index is -4.23. The van der Waals surface area contributed by atoms with Crippen LogP contribution in [-0.4, -0.2) is 79.1 Å². The number of hydrogen-bond donors (Lipinski definition) is 1. The molecule has 0 unspecified atom stereocenters. The fourth-order valence-corrected chi connectivity index (χ4v) is 6.93. The molecular formula is C30H32F3N5O4S. The lowest BCUT2D eigenvalue weighted by molar-refractivity contribution is -0.190. The van der Waals surface area contributed by atoms with E-state index in [1.165, 1.54) is 18.2 Å². The number of sulfonamides is 1. The van der Waals surface area contributed by atoms with E-state index in [4.69, 9.17) is 4.74 Å². The average molecular weight is 616 g/mol. The van der Waals surface area contributed by atoms with Gasteiger partial charge in [-0.2, -0.15) is 18.2 Å². The minimum absolute atomic E-state index is 0.00173. The van der Waals surface area contributed by atoms with Crippen LogP contribution in [0.4, 0.5) is 19.1 Å². The van der Waals surface area contributed by atoms with Gasteiger partial charge in [0, 0.05) is 36.8 Å². The zero-order valence-corrected chi connectivity index (χ0v) is 24.6. The highest BCUT2D eigenvalue weighted by atomic mass is 32.2. The van der Waals surface area contributed by atoms with Gasteiger partial charge in [-0.25, -0.2) is 18.1 Å². The Kier molecular flexibility index (Phi) is 7.36. The topological polar surface area (TPSA) is 105 Å². The van der Waals surface area contributed by atoms with E-state index in [2.05, 4.69) is 14.7 Å². The van der Waals surface area contributed by atoms with Gasteiger partial charge in [0.1, 0.15) is 6.61 Å². The van der Waals surface area contributed by atoms with Crippen molar-refractivity contribution in [2.75, 3.05) is 37.5 Å². The van der Waals surface area contributed by atoms with Crippen molar-refractivity contribution in [1.29, 1.82) is 0 Å². The standard InChI is InChI=1S/C30H32F3N5O4S/c1-19-5-3-6-20(2)26(19)24-16-25-35-28(34-24)36-43(40,41)23-8-4-7-21(15-23)27(39)38-14-13-37(17-22(38)18-42-25)12-11-29(9-10-29)30(31,32)33/h3-8,15-16,22H,9-14,17-18H2,1-2H3,(H,34,35,36)/t22-/m1/s1. The van der Waals surface area contributed by atoms with Gasteiger partial charge in [0.2, 0.25) is 11.8 Å². The molecule has 2 aromatic carbocycles. The summed E-state index contributed by atoms with van der Waals surface area (Å²) in [6, 6.07) is 12.6. The molecule has 0 radical (unpaired) electrons. The van der Waals surface area contributed by atoms with Gasteiger partial charge < -0.3 is 9.64 Å². The number of anilines is 1. The van der Waals surface area contributed by atoms with E-state index in [9.17, 15) is 26.4 Å². The van der Waals surface area contributed by atoms with E-state index >= 15 is 0 Å². The van der Waals surface area contributed by atoms with Crippen LogP contribution in [0.1, 0.15) is 40.7 Å². The first-order valence-electron chi connectivity index (χ1n) is 14.2. The average Bonchev–Trinajstić information content (AvgIpc) is 3.76. The number of aromatic nitrogens is 2. The molecule has 2 aliphatic heterocycles. The number of nitrogens with one attached hydrogen (secondary N) is 1. The summed E-state index contributed by atoms with van der Waals surface area (Å²) in [5, 5.41) is 0. The van der Waals surface area contributed by atoms with Gasteiger partial charge in [0.15, 0.2) is 0 Å². The lowest BCUT2D eigenvalue weighted by Gasteiger charge is -2.41. The van der Waals surface area contributed by atoms with Gasteiger partial charge in [0.05, 0.1) is 22.0 Å². The van der Waals surface area contributed by atoms with Gasteiger partial charge >= 0.3 is 6.18 Å². The van der Waals surface area contributed by atoms with Crippen molar-refractivity contribution in [3.63, 3.8) is 0 Å². The maximum Gasteiger partial charge on any atom is 0.394 e. The smallest absolute Gasteiger partial charge is 0.394 e. The van der Waals surface area contributed by atoms with Crippen LogP contribution in [0, 0.1) is 19.3 Å². The first-order valence-corrected chi connectivity index (χ1v) is 15.6. The highest BCUT2D eigenvalue weighted by Gasteiger charge is 2.62. The van der Waals surface area contributed by atoms with E-state index < -0.39 is 27.7 Å². The molecule has 1 saturated heterocycles. The second-order valence-corrected chi connectivity index (χ2v) is 13.3. The number of ether oxygens (including phenoxy) is 1. The maximum absolute atomic E-state index is 13.7. The zero-order valence-electron chi connectivity index (χ0n) is 23.8. The number of halogens is 3. The number of nitrogens with zero attached hydrogens (tertiary/aromatic N) is 4. The van der Waals surface area contributed by atoms with Crippen molar-refractivity contribution in [3.05, 3.63) is 65.2 Å². The van der Waals surface area contributed by atoms with E-state index in [1.807, 2.05) is 36.9 Å². The summed E-state index contributed by atoms with van der Waals surface area (Å²) in [4.78, 5) is 25.9. The molecule has 3 aliphatic rings. The Bertz CT molecular complexity index is 1660. The molecule has 1 saturated carbocycles. The highest BCUT2D eigenvalue weighted by molar-refractivity contribution is 7.92. The molecule has 3 heterocycles. The Morgan fingerprint density at radius 2 is 1.77 bits per heavy atom. The van der Waals surface area contributed by atoms with Crippen molar-refractivity contribution in [2.24, 2.45) is 5.41 Å². The largest absolute Gasteiger partial charge is 0.475 e. The number of hydrogen-bond acceptors (Lipinski definition) is 7. The van der Waals surface area contributed by atoms with E-state index in [1.54, 1.807) is 17.0 Å². The molecule has 6 rings (SSSR count). The molecule has 1 aliphatic carbocycles. The van der Waals surface area contributed by atoms with Crippen LogP contribution in [0.5, 0.6) is 5.88 Å². The second kappa shape index (κ2) is 10.8. The first-order chi connectivity index (χ1) is 20.3. The normalized spacial score (nSPS) is 21.4. The molecule has 1 aromatic heterocycles. The SMILES string of the molecule is Cc1cccc(C)c1-c1cc2nc(n1)NS(=O)(=O)c1cccc(c1)C(=O)N1CCN(CCC3(C(F)(F)F)CC3)C[C@@H]1CO2. The summed E-state index contributed by atoms with van der Waals surface area (Å²) in [5.74, 6) is -0.461. The van der Waals surface area contributed by atoms with Gasteiger partial charge in [-0.3, -0.25) is 9.69 Å². The summed E-state index contributed by atoms with van der Waals surface area (Å²) in [6.45, 7) is 5.05. The predicted molar refractivity (Wildman–Crippen MR) is 153 cm³/mol. The maximum atomic E-state index is 13.7. The third kappa shape index (κ3) is 5.79.